The molecular formula is C18H30N2O2S. The smallest absolute Gasteiger partial charge is 0.266 e. The molecule has 23 heavy (non-hydrogen) atoms. The van der Waals surface area contributed by atoms with Crippen LogP contribution < -0.4 is 0 Å². The van der Waals surface area contributed by atoms with Gasteiger partial charge in [0.2, 0.25) is 0 Å². The van der Waals surface area contributed by atoms with Crippen molar-refractivity contribution in [2.75, 3.05) is 13.7 Å². The normalized spacial score (nSPS) is 20.6. The lowest BCUT2D eigenvalue weighted by Gasteiger charge is -2.31. The number of methoxy groups -OCH3 is 1. The zero-order valence-electron chi connectivity index (χ0n) is 15.1. The molecule has 0 aromatic carbocycles. The zero-order valence-corrected chi connectivity index (χ0v) is 15.9. The number of hydrogen-bond donors (Lipinski definition) is 0. The number of aromatic nitrogens is 1. The Morgan fingerprint density at radius 2 is 2.09 bits per heavy atom. The Morgan fingerprint density at radius 3 is 2.74 bits per heavy atom. The lowest BCUT2D eigenvalue weighted by Crippen LogP contribution is -2.40. The van der Waals surface area contributed by atoms with Crippen LogP contribution in [0.15, 0.2) is 0 Å². The topological polar surface area (TPSA) is 42.4 Å². The highest BCUT2D eigenvalue weighted by atomic mass is 32.1. The van der Waals surface area contributed by atoms with Gasteiger partial charge in [0.25, 0.3) is 5.91 Å². The minimum atomic E-state index is -0.0594. The summed E-state index contributed by atoms with van der Waals surface area (Å²) in [5.41, 5.74) is 0.839. The predicted octanol–water partition coefficient (Wildman–Crippen LogP) is 4.59. The number of aryl methyl sites for hydroxylation is 1. The molecule has 2 heterocycles. The lowest BCUT2D eigenvalue weighted by atomic mass is 9.98. The molecule has 0 spiro atoms. The maximum absolute atomic E-state index is 13.1. The quantitative estimate of drug-likeness (QED) is 0.788. The van der Waals surface area contributed by atoms with Crippen molar-refractivity contribution in [3.05, 3.63) is 15.6 Å². The van der Waals surface area contributed by atoms with Crippen molar-refractivity contribution >= 4 is 17.2 Å². The maximum Gasteiger partial charge on any atom is 0.266 e. The van der Waals surface area contributed by atoms with E-state index in [0.717, 1.165) is 41.4 Å². The first-order valence-electron chi connectivity index (χ1n) is 8.75. The van der Waals surface area contributed by atoms with Gasteiger partial charge in [0.1, 0.15) is 16.0 Å². The van der Waals surface area contributed by atoms with Gasteiger partial charge in [-0.05, 0) is 39.0 Å². The van der Waals surface area contributed by atoms with Crippen LogP contribution in [0.1, 0.15) is 79.4 Å². The average Bonchev–Trinajstić information content (AvgIpc) is 2.75. The monoisotopic (exact) mass is 338 g/mol. The minimum absolute atomic E-state index is 0.0594. The summed E-state index contributed by atoms with van der Waals surface area (Å²) in [5, 5.41) is 0.892. The first kappa shape index (κ1) is 18.4. The predicted molar refractivity (Wildman–Crippen MR) is 95.0 cm³/mol. The van der Waals surface area contributed by atoms with Crippen LogP contribution in [-0.4, -0.2) is 35.5 Å². The van der Waals surface area contributed by atoms with E-state index in [-0.39, 0.29) is 12.0 Å². The van der Waals surface area contributed by atoms with E-state index in [9.17, 15) is 4.79 Å². The summed E-state index contributed by atoms with van der Waals surface area (Å²) in [5.74, 6) is 0.780. The molecule has 0 unspecified atom stereocenters. The Balaban J connectivity index is 2.23. The number of rotatable bonds is 5. The van der Waals surface area contributed by atoms with E-state index in [0.29, 0.717) is 12.0 Å². The largest absolute Gasteiger partial charge is 0.375 e. The van der Waals surface area contributed by atoms with Crippen LogP contribution >= 0.6 is 11.3 Å². The summed E-state index contributed by atoms with van der Waals surface area (Å²) in [6.45, 7) is 9.27. The van der Waals surface area contributed by atoms with Crippen molar-refractivity contribution in [2.45, 2.75) is 71.9 Å². The summed E-state index contributed by atoms with van der Waals surface area (Å²) < 4.78 is 5.35. The third-order valence-electron chi connectivity index (χ3n) is 4.59. The molecule has 1 aliphatic rings. The van der Waals surface area contributed by atoms with E-state index in [4.69, 9.17) is 4.74 Å². The molecule has 1 saturated heterocycles. The minimum Gasteiger partial charge on any atom is -0.375 e. The summed E-state index contributed by atoms with van der Waals surface area (Å²) in [6, 6.07) is 0.370. The van der Waals surface area contributed by atoms with Gasteiger partial charge in [-0.3, -0.25) is 4.79 Å². The highest BCUT2D eigenvalue weighted by Crippen LogP contribution is 2.29. The Hall–Kier alpha value is -0.940. The molecule has 1 aromatic rings. The summed E-state index contributed by atoms with van der Waals surface area (Å²) in [4.78, 5) is 20.6. The molecule has 0 saturated carbocycles. The van der Waals surface area contributed by atoms with Crippen molar-refractivity contribution in [3.8, 4) is 0 Å². The molecule has 1 fully saturated rings. The van der Waals surface area contributed by atoms with Crippen molar-refractivity contribution in [1.82, 2.24) is 9.88 Å². The molecule has 130 valence electrons. The van der Waals surface area contributed by atoms with Gasteiger partial charge in [0, 0.05) is 19.7 Å². The standard InChI is InChI=1S/C18H30N2O2S/c1-12(2)11-15-9-7-6-8-10-20(15)18(21)16-13(3)19-17(23-16)14(4)22-5/h12,14-15H,6-11H2,1-5H3/t14-,15+/m1/s1. The highest BCUT2D eigenvalue weighted by Gasteiger charge is 2.29. The molecule has 1 amide bonds. The number of nitrogens with zero attached hydrogens (tertiary/aromatic N) is 2. The molecule has 4 nitrogen and oxygen atoms in total. The molecule has 1 aliphatic heterocycles. The Bertz CT molecular complexity index is 527. The molecule has 0 N–H and O–H groups in total. The number of thiazole rings is 1. The second kappa shape index (κ2) is 8.25. The average molecular weight is 339 g/mol. The Morgan fingerprint density at radius 1 is 1.35 bits per heavy atom. The summed E-state index contributed by atoms with van der Waals surface area (Å²) in [7, 11) is 1.68. The Labute approximate surface area is 144 Å². The summed E-state index contributed by atoms with van der Waals surface area (Å²) in [6.07, 6.45) is 5.73. The van der Waals surface area contributed by atoms with Crippen LogP contribution in [0.2, 0.25) is 0 Å². The number of amides is 1. The van der Waals surface area contributed by atoms with E-state index >= 15 is 0 Å². The van der Waals surface area contributed by atoms with Crippen molar-refractivity contribution in [2.24, 2.45) is 5.92 Å². The number of hydrogen-bond acceptors (Lipinski definition) is 4. The third-order valence-corrected chi connectivity index (χ3v) is 5.90. The van der Waals surface area contributed by atoms with Crippen LogP contribution in [0.5, 0.6) is 0 Å². The number of ether oxygens (including phenoxy) is 1. The van der Waals surface area contributed by atoms with Gasteiger partial charge < -0.3 is 9.64 Å². The zero-order chi connectivity index (χ0) is 17.0. The first-order valence-corrected chi connectivity index (χ1v) is 9.56. The molecule has 5 heteroatoms. The molecule has 2 atom stereocenters. The van der Waals surface area contributed by atoms with E-state index in [1.807, 2.05) is 13.8 Å². The molecular weight excluding hydrogens is 308 g/mol. The van der Waals surface area contributed by atoms with Gasteiger partial charge in [0.05, 0.1) is 5.69 Å². The molecule has 1 aromatic heterocycles. The van der Waals surface area contributed by atoms with Crippen LogP contribution in [0.3, 0.4) is 0 Å². The van der Waals surface area contributed by atoms with Gasteiger partial charge in [-0.1, -0.05) is 26.7 Å². The second-order valence-corrected chi connectivity index (χ2v) is 8.01. The number of carbonyl (C=O) groups excluding carboxylic acids is 1. The third kappa shape index (κ3) is 4.54. The Kier molecular flexibility index (Phi) is 6.60. The van der Waals surface area contributed by atoms with Crippen LogP contribution in [-0.2, 0) is 4.74 Å². The van der Waals surface area contributed by atoms with Crippen LogP contribution in [0, 0.1) is 12.8 Å². The van der Waals surface area contributed by atoms with E-state index in [1.54, 1.807) is 7.11 Å². The number of likely N-dealkylation sites (tertiary alicyclic amines) is 1. The summed E-state index contributed by atoms with van der Waals surface area (Å²) >= 11 is 1.49. The van der Waals surface area contributed by atoms with Crippen molar-refractivity contribution < 1.29 is 9.53 Å². The SMILES string of the molecule is CO[C@H](C)c1nc(C)c(C(=O)N2CCCCC[C@H]2CC(C)C)s1. The van der Waals surface area contributed by atoms with E-state index in [2.05, 4.69) is 23.7 Å². The first-order chi connectivity index (χ1) is 10.9. The fourth-order valence-corrected chi connectivity index (χ4v) is 4.31. The van der Waals surface area contributed by atoms with Gasteiger partial charge in [-0.25, -0.2) is 4.98 Å². The van der Waals surface area contributed by atoms with Gasteiger partial charge in [-0.2, -0.15) is 0 Å². The fraction of sp³-hybridized carbons (Fsp3) is 0.778. The molecule has 2 rings (SSSR count). The van der Waals surface area contributed by atoms with Gasteiger partial charge in [-0.15, -0.1) is 11.3 Å². The van der Waals surface area contributed by atoms with Gasteiger partial charge in [0.15, 0.2) is 0 Å². The van der Waals surface area contributed by atoms with Crippen molar-refractivity contribution in [1.29, 1.82) is 0 Å². The molecule has 0 radical (unpaired) electrons. The fourth-order valence-electron chi connectivity index (χ4n) is 3.25. The number of carbonyl (C=O) groups is 1. The second-order valence-electron chi connectivity index (χ2n) is 6.98. The van der Waals surface area contributed by atoms with Crippen LogP contribution in [0.4, 0.5) is 0 Å². The molecule has 0 bridgehead atoms. The van der Waals surface area contributed by atoms with Gasteiger partial charge >= 0.3 is 0 Å². The highest BCUT2D eigenvalue weighted by molar-refractivity contribution is 7.13. The van der Waals surface area contributed by atoms with Crippen LogP contribution in [0.25, 0.3) is 0 Å². The van der Waals surface area contributed by atoms with Crippen molar-refractivity contribution in [3.63, 3.8) is 0 Å². The van der Waals surface area contributed by atoms with E-state index in [1.165, 1.54) is 24.2 Å². The lowest BCUT2D eigenvalue weighted by molar-refractivity contribution is 0.0665. The van der Waals surface area contributed by atoms with E-state index < -0.39 is 0 Å². The maximum atomic E-state index is 13.1. The molecule has 0 aliphatic carbocycles.